The molecule has 1 aliphatic heterocycles. The summed E-state index contributed by atoms with van der Waals surface area (Å²) in [6.45, 7) is 7.89. The largest absolute Gasteiger partial charge is 0.392 e. The lowest BCUT2D eigenvalue weighted by molar-refractivity contribution is 0.0329. The van der Waals surface area contributed by atoms with Gasteiger partial charge in [0.15, 0.2) is 0 Å². The van der Waals surface area contributed by atoms with Gasteiger partial charge in [0.05, 0.1) is 6.10 Å². The molecule has 7 heteroatoms. The van der Waals surface area contributed by atoms with Gasteiger partial charge in [0.25, 0.3) is 5.56 Å². The summed E-state index contributed by atoms with van der Waals surface area (Å²) in [4.78, 5) is 28.5. The summed E-state index contributed by atoms with van der Waals surface area (Å²) >= 11 is 0. The predicted molar refractivity (Wildman–Crippen MR) is 89.5 cm³/mol. The molecule has 0 aromatic carbocycles. The molecule has 0 aliphatic carbocycles. The van der Waals surface area contributed by atoms with Gasteiger partial charge < -0.3 is 5.11 Å². The number of nitrogens with zero attached hydrogens (tertiary/aromatic N) is 4. The second kappa shape index (κ2) is 7.42. The molecule has 1 aromatic rings. The molecule has 0 bridgehead atoms. The first-order chi connectivity index (χ1) is 10.8. The monoisotopic (exact) mass is 324 g/mol. The summed E-state index contributed by atoms with van der Waals surface area (Å²) < 4.78 is 2.67. The van der Waals surface area contributed by atoms with E-state index in [0.717, 1.165) is 36.3 Å². The van der Waals surface area contributed by atoms with Crippen molar-refractivity contribution >= 4 is 0 Å². The van der Waals surface area contributed by atoms with Crippen LogP contribution in [-0.4, -0.2) is 62.4 Å². The summed E-state index contributed by atoms with van der Waals surface area (Å²) in [7, 11) is 3.20. The molecule has 0 spiro atoms. The van der Waals surface area contributed by atoms with Crippen molar-refractivity contribution in [3.05, 3.63) is 32.6 Å². The topological polar surface area (TPSA) is 70.7 Å². The number of rotatable bonds is 5. The molecule has 2 atom stereocenters. The van der Waals surface area contributed by atoms with Crippen LogP contribution in [-0.2, 0) is 20.6 Å². The molecule has 2 rings (SSSR count). The summed E-state index contributed by atoms with van der Waals surface area (Å²) in [5.74, 6) is 0. The van der Waals surface area contributed by atoms with E-state index in [9.17, 15) is 14.7 Å². The molecular formula is C16H28N4O3. The third-order valence-electron chi connectivity index (χ3n) is 4.67. The van der Waals surface area contributed by atoms with Gasteiger partial charge in [0, 0.05) is 64.6 Å². The van der Waals surface area contributed by atoms with Crippen LogP contribution >= 0.6 is 0 Å². The summed E-state index contributed by atoms with van der Waals surface area (Å²) in [5, 5.41) is 9.61. The number of aromatic nitrogens is 2. The molecule has 23 heavy (non-hydrogen) atoms. The van der Waals surface area contributed by atoms with Crippen molar-refractivity contribution in [3.8, 4) is 0 Å². The Labute approximate surface area is 136 Å². The first-order valence-electron chi connectivity index (χ1n) is 8.23. The van der Waals surface area contributed by atoms with Crippen LogP contribution in [0.15, 0.2) is 15.7 Å². The van der Waals surface area contributed by atoms with Crippen molar-refractivity contribution in [2.24, 2.45) is 14.1 Å². The van der Waals surface area contributed by atoms with Gasteiger partial charge in [-0.15, -0.1) is 0 Å². The van der Waals surface area contributed by atoms with Crippen LogP contribution in [0.3, 0.4) is 0 Å². The molecule has 1 fully saturated rings. The maximum absolute atomic E-state index is 12.0. The number of piperazine rings is 1. The predicted octanol–water partition coefficient (Wildman–Crippen LogP) is -0.639. The fourth-order valence-corrected chi connectivity index (χ4v) is 3.23. The van der Waals surface area contributed by atoms with Crippen LogP contribution in [0.4, 0.5) is 0 Å². The Morgan fingerprint density at radius 2 is 1.96 bits per heavy atom. The van der Waals surface area contributed by atoms with Crippen LogP contribution in [0, 0.1) is 0 Å². The van der Waals surface area contributed by atoms with Gasteiger partial charge in [-0.1, -0.05) is 6.92 Å². The minimum absolute atomic E-state index is 0.261. The first kappa shape index (κ1) is 17.9. The number of aliphatic hydroxyl groups excluding tert-OH is 1. The minimum atomic E-state index is -0.325. The lowest BCUT2D eigenvalue weighted by Crippen LogP contribution is -2.54. The van der Waals surface area contributed by atoms with E-state index in [4.69, 9.17) is 0 Å². The SMILES string of the molecule is CC[C@@H]1CN(Cc2cc(=O)n(C)c(=O)n2C)CCN1C[C@H](C)O. The molecule has 0 saturated carbocycles. The molecule has 130 valence electrons. The molecule has 1 saturated heterocycles. The molecule has 1 N–H and O–H groups in total. The van der Waals surface area contributed by atoms with E-state index >= 15 is 0 Å². The van der Waals surface area contributed by atoms with Crippen LogP contribution < -0.4 is 11.2 Å². The van der Waals surface area contributed by atoms with E-state index < -0.39 is 0 Å². The zero-order chi connectivity index (χ0) is 17.1. The Morgan fingerprint density at radius 3 is 2.57 bits per heavy atom. The lowest BCUT2D eigenvalue weighted by atomic mass is 10.1. The fraction of sp³-hybridized carbons (Fsp3) is 0.750. The van der Waals surface area contributed by atoms with Gasteiger partial charge in [0.2, 0.25) is 0 Å². The molecule has 0 amide bonds. The Bertz CT molecular complexity index is 650. The van der Waals surface area contributed by atoms with Crippen molar-refractivity contribution in [1.82, 2.24) is 18.9 Å². The zero-order valence-corrected chi connectivity index (χ0v) is 14.5. The Balaban J connectivity index is 2.11. The second-order valence-electron chi connectivity index (χ2n) is 6.52. The highest BCUT2D eigenvalue weighted by Crippen LogP contribution is 2.15. The molecule has 2 heterocycles. The van der Waals surface area contributed by atoms with Gasteiger partial charge in [-0.05, 0) is 13.3 Å². The maximum atomic E-state index is 12.0. The van der Waals surface area contributed by atoms with Gasteiger partial charge in [-0.25, -0.2) is 4.79 Å². The second-order valence-corrected chi connectivity index (χ2v) is 6.52. The minimum Gasteiger partial charge on any atom is -0.392 e. The average Bonchev–Trinajstić information content (AvgIpc) is 2.51. The summed E-state index contributed by atoms with van der Waals surface area (Å²) in [6, 6.07) is 1.94. The van der Waals surface area contributed by atoms with Gasteiger partial charge in [-0.3, -0.25) is 23.7 Å². The van der Waals surface area contributed by atoms with E-state index in [0.29, 0.717) is 19.1 Å². The molecule has 1 aliphatic rings. The molecule has 7 nitrogen and oxygen atoms in total. The summed E-state index contributed by atoms with van der Waals surface area (Å²) in [5.41, 5.74) is 0.201. The number of β-amino-alcohol motifs (C(OH)–C–C–N with tert-alkyl or cyclic N) is 1. The lowest BCUT2D eigenvalue weighted by Gasteiger charge is -2.41. The van der Waals surface area contributed by atoms with Crippen molar-refractivity contribution < 1.29 is 5.11 Å². The van der Waals surface area contributed by atoms with Gasteiger partial charge in [-0.2, -0.15) is 0 Å². The number of hydrogen-bond acceptors (Lipinski definition) is 5. The van der Waals surface area contributed by atoms with E-state index in [1.807, 2.05) is 6.92 Å². The van der Waals surface area contributed by atoms with Crippen LogP contribution in [0.2, 0.25) is 0 Å². The van der Waals surface area contributed by atoms with Crippen LogP contribution in [0.25, 0.3) is 0 Å². The normalized spacial score (nSPS) is 21.5. The third-order valence-corrected chi connectivity index (χ3v) is 4.67. The van der Waals surface area contributed by atoms with Crippen molar-refractivity contribution in [2.75, 3.05) is 26.2 Å². The highest BCUT2D eigenvalue weighted by molar-refractivity contribution is 5.03. The van der Waals surface area contributed by atoms with Crippen molar-refractivity contribution in [3.63, 3.8) is 0 Å². The smallest absolute Gasteiger partial charge is 0.330 e. The Morgan fingerprint density at radius 1 is 1.26 bits per heavy atom. The van der Waals surface area contributed by atoms with E-state index in [-0.39, 0.29) is 17.4 Å². The zero-order valence-electron chi connectivity index (χ0n) is 14.5. The maximum Gasteiger partial charge on any atom is 0.330 e. The van der Waals surface area contributed by atoms with Gasteiger partial charge >= 0.3 is 5.69 Å². The fourth-order valence-electron chi connectivity index (χ4n) is 3.23. The van der Waals surface area contributed by atoms with Crippen molar-refractivity contribution in [2.45, 2.75) is 39.0 Å². The highest BCUT2D eigenvalue weighted by Gasteiger charge is 2.26. The molecule has 1 aromatic heterocycles. The van der Waals surface area contributed by atoms with Gasteiger partial charge in [0.1, 0.15) is 0 Å². The highest BCUT2D eigenvalue weighted by atomic mass is 16.3. The first-order valence-corrected chi connectivity index (χ1v) is 8.23. The van der Waals surface area contributed by atoms with Crippen LogP contribution in [0.1, 0.15) is 26.0 Å². The standard InChI is InChI=1S/C16H28N4O3/c1-5-13-10-19(6-7-20(13)9-12(2)21)11-14-8-15(22)18(4)16(23)17(14)3/h8,12-13,21H,5-7,9-11H2,1-4H3/t12-,13+/m0/s1. The number of aliphatic hydroxyl groups is 1. The average molecular weight is 324 g/mol. The Kier molecular flexibility index (Phi) is 5.78. The van der Waals surface area contributed by atoms with E-state index in [1.54, 1.807) is 17.7 Å². The third kappa shape index (κ3) is 4.10. The molecule has 0 radical (unpaired) electrons. The van der Waals surface area contributed by atoms with Crippen LogP contribution in [0.5, 0.6) is 0 Å². The Hall–Kier alpha value is -1.44. The molecular weight excluding hydrogens is 296 g/mol. The summed E-state index contributed by atoms with van der Waals surface area (Å²) in [6.07, 6.45) is 0.687. The van der Waals surface area contributed by atoms with E-state index in [1.165, 1.54) is 7.05 Å². The number of hydrogen-bond donors (Lipinski definition) is 1. The van der Waals surface area contributed by atoms with Crippen molar-refractivity contribution in [1.29, 1.82) is 0 Å². The quantitative estimate of drug-likeness (QED) is 0.780. The van der Waals surface area contributed by atoms with E-state index in [2.05, 4.69) is 16.7 Å². The molecule has 0 unspecified atom stereocenters.